The molecule has 0 spiro atoms. The number of nitrogens with zero attached hydrogens (tertiary/aromatic N) is 2. The number of halogens is 1. The minimum Gasteiger partial charge on any atom is -0.370 e. The van der Waals surface area contributed by atoms with E-state index in [1.54, 1.807) is 17.0 Å². The summed E-state index contributed by atoms with van der Waals surface area (Å²) < 4.78 is 18.8. The maximum Gasteiger partial charge on any atom is 0.256 e. The van der Waals surface area contributed by atoms with E-state index in [4.69, 9.17) is 4.74 Å². The third-order valence-electron chi connectivity index (χ3n) is 4.32. The molecule has 22 heavy (non-hydrogen) atoms. The molecular weight excluding hydrogens is 287 g/mol. The van der Waals surface area contributed by atoms with Crippen molar-refractivity contribution in [2.75, 3.05) is 32.8 Å². The maximum atomic E-state index is 13.7. The third kappa shape index (κ3) is 2.97. The lowest BCUT2D eigenvalue weighted by Crippen LogP contribution is -2.52. The summed E-state index contributed by atoms with van der Waals surface area (Å²) in [6, 6.07) is 6.19. The van der Waals surface area contributed by atoms with Gasteiger partial charge in [0, 0.05) is 25.7 Å². The second-order valence-corrected chi connectivity index (χ2v) is 5.64. The number of likely N-dealkylation sites (tertiary alicyclic amines) is 1. The van der Waals surface area contributed by atoms with Crippen molar-refractivity contribution in [3.63, 3.8) is 0 Å². The number of benzene rings is 1. The van der Waals surface area contributed by atoms with Crippen LogP contribution in [0.15, 0.2) is 24.3 Å². The van der Waals surface area contributed by atoms with Crippen molar-refractivity contribution in [1.82, 2.24) is 9.80 Å². The van der Waals surface area contributed by atoms with E-state index in [2.05, 4.69) is 0 Å². The number of rotatable bonds is 2. The quantitative estimate of drug-likeness (QED) is 0.827. The van der Waals surface area contributed by atoms with Crippen molar-refractivity contribution < 1.29 is 18.7 Å². The monoisotopic (exact) mass is 306 g/mol. The van der Waals surface area contributed by atoms with Crippen LogP contribution < -0.4 is 0 Å². The van der Waals surface area contributed by atoms with Gasteiger partial charge in [-0.2, -0.15) is 0 Å². The molecule has 0 aromatic heterocycles. The second kappa shape index (κ2) is 6.44. The minimum absolute atomic E-state index is 0.0186. The molecule has 5 nitrogen and oxygen atoms in total. The highest BCUT2D eigenvalue weighted by atomic mass is 19.1. The van der Waals surface area contributed by atoms with E-state index in [-0.39, 0.29) is 30.0 Å². The fourth-order valence-electron chi connectivity index (χ4n) is 3.10. The molecular formula is C16H19FN2O3. The maximum absolute atomic E-state index is 13.7. The van der Waals surface area contributed by atoms with E-state index >= 15 is 0 Å². The summed E-state index contributed by atoms with van der Waals surface area (Å²) in [6.45, 7) is 2.42. The zero-order valence-electron chi connectivity index (χ0n) is 12.3. The first kappa shape index (κ1) is 15.0. The van der Waals surface area contributed by atoms with E-state index in [1.165, 1.54) is 12.1 Å². The Morgan fingerprint density at radius 2 is 1.91 bits per heavy atom. The highest BCUT2D eigenvalue weighted by Crippen LogP contribution is 2.20. The predicted molar refractivity (Wildman–Crippen MR) is 77.9 cm³/mol. The molecule has 0 radical (unpaired) electrons. The predicted octanol–water partition coefficient (Wildman–Crippen LogP) is 1.29. The lowest BCUT2D eigenvalue weighted by molar-refractivity contribution is -0.146. The molecule has 118 valence electrons. The number of ether oxygens (including phenoxy) is 1. The molecule has 0 aliphatic carbocycles. The Hall–Kier alpha value is -1.95. The van der Waals surface area contributed by atoms with Gasteiger partial charge in [0.15, 0.2) is 0 Å². The zero-order chi connectivity index (χ0) is 15.5. The van der Waals surface area contributed by atoms with Gasteiger partial charge in [0.2, 0.25) is 5.91 Å². The summed E-state index contributed by atoms with van der Waals surface area (Å²) >= 11 is 0. The van der Waals surface area contributed by atoms with Crippen LogP contribution in [0.5, 0.6) is 0 Å². The number of piperidine rings is 1. The molecule has 6 heteroatoms. The molecule has 3 rings (SSSR count). The third-order valence-corrected chi connectivity index (χ3v) is 4.32. The number of amides is 2. The van der Waals surface area contributed by atoms with Gasteiger partial charge in [0.25, 0.3) is 5.91 Å². The Morgan fingerprint density at radius 3 is 2.59 bits per heavy atom. The molecule has 1 aromatic carbocycles. The number of carbonyl (C=O) groups is 2. The van der Waals surface area contributed by atoms with Gasteiger partial charge in [-0.1, -0.05) is 12.1 Å². The Balaban J connectivity index is 1.61. The van der Waals surface area contributed by atoms with Gasteiger partial charge >= 0.3 is 0 Å². The first-order valence-electron chi connectivity index (χ1n) is 7.58. The van der Waals surface area contributed by atoms with Crippen molar-refractivity contribution in [2.45, 2.75) is 18.9 Å². The average molecular weight is 306 g/mol. The van der Waals surface area contributed by atoms with Crippen molar-refractivity contribution in [2.24, 2.45) is 0 Å². The van der Waals surface area contributed by atoms with Crippen LogP contribution in [0.1, 0.15) is 23.2 Å². The van der Waals surface area contributed by atoms with Crippen LogP contribution in [-0.2, 0) is 9.53 Å². The molecule has 0 N–H and O–H groups in total. The van der Waals surface area contributed by atoms with Gasteiger partial charge in [-0.15, -0.1) is 0 Å². The molecule has 2 saturated heterocycles. The topological polar surface area (TPSA) is 49.9 Å². The van der Waals surface area contributed by atoms with Crippen LogP contribution in [0.3, 0.4) is 0 Å². The Bertz CT molecular complexity index is 570. The van der Waals surface area contributed by atoms with Crippen LogP contribution in [0, 0.1) is 5.82 Å². The summed E-state index contributed by atoms with van der Waals surface area (Å²) in [5, 5.41) is 0. The van der Waals surface area contributed by atoms with Crippen LogP contribution in [0.25, 0.3) is 0 Å². The van der Waals surface area contributed by atoms with Gasteiger partial charge in [0.05, 0.1) is 12.2 Å². The standard InChI is InChI=1S/C16H19FN2O3/c17-14-4-2-1-3-13(14)16(21)18-7-5-12(6-8-18)19-9-10-22-11-15(19)20/h1-4,12H,5-11H2. The van der Waals surface area contributed by atoms with Crippen molar-refractivity contribution in [3.8, 4) is 0 Å². The molecule has 2 aliphatic rings. The van der Waals surface area contributed by atoms with Gasteiger partial charge in [0.1, 0.15) is 12.4 Å². The summed E-state index contributed by atoms with van der Waals surface area (Å²) in [4.78, 5) is 27.7. The van der Waals surface area contributed by atoms with E-state index in [1.807, 2.05) is 4.90 Å². The smallest absolute Gasteiger partial charge is 0.256 e. The Labute approximate surface area is 128 Å². The van der Waals surface area contributed by atoms with E-state index in [9.17, 15) is 14.0 Å². The summed E-state index contributed by atoms with van der Waals surface area (Å²) in [5.41, 5.74) is 0.114. The van der Waals surface area contributed by atoms with Gasteiger partial charge < -0.3 is 14.5 Å². The largest absolute Gasteiger partial charge is 0.370 e. The number of morpholine rings is 1. The van der Waals surface area contributed by atoms with Gasteiger partial charge in [-0.05, 0) is 25.0 Å². The van der Waals surface area contributed by atoms with E-state index < -0.39 is 5.82 Å². The molecule has 0 saturated carbocycles. The number of carbonyl (C=O) groups excluding carboxylic acids is 2. The average Bonchev–Trinajstić information content (AvgIpc) is 2.55. The molecule has 2 aliphatic heterocycles. The molecule has 2 amide bonds. The summed E-state index contributed by atoms with van der Waals surface area (Å²) in [6.07, 6.45) is 1.46. The minimum atomic E-state index is -0.488. The molecule has 0 unspecified atom stereocenters. The van der Waals surface area contributed by atoms with Crippen LogP contribution in [0.4, 0.5) is 4.39 Å². The van der Waals surface area contributed by atoms with Crippen LogP contribution in [-0.4, -0.2) is 60.5 Å². The zero-order valence-corrected chi connectivity index (χ0v) is 12.3. The Kier molecular flexibility index (Phi) is 4.38. The van der Waals surface area contributed by atoms with Crippen LogP contribution >= 0.6 is 0 Å². The normalized spacial score (nSPS) is 20.3. The highest BCUT2D eigenvalue weighted by molar-refractivity contribution is 5.94. The second-order valence-electron chi connectivity index (χ2n) is 5.64. The molecule has 2 fully saturated rings. The molecule has 0 bridgehead atoms. The summed E-state index contributed by atoms with van der Waals surface area (Å²) in [7, 11) is 0. The van der Waals surface area contributed by atoms with Crippen LogP contribution in [0.2, 0.25) is 0 Å². The lowest BCUT2D eigenvalue weighted by Gasteiger charge is -2.40. The molecule has 1 aromatic rings. The number of hydrogen-bond donors (Lipinski definition) is 0. The Morgan fingerprint density at radius 1 is 1.18 bits per heavy atom. The van der Waals surface area contributed by atoms with Gasteiger partial charge in [-0.3, -0.25) is 9.59 Å². The van der Waals surface area contributed by atoms with E-state index in [0.717, 1.165) is 12.8 Å². The molecule has 2 heterocycles. The lowest BCUT2D eigenvalue weighted by atomic mass is 10.0. The van der Waals surface area contributed by atoms with Crippen molar-refractivity contribution in [3.05, 3.63) is 35.6 Å². The van der Waals surface area contributed by atoms with Crippen molar-refractivity contribution >= 4 is 11.8 Å². The van der Waals surface area contributed by atoms with Crippen molar-refractivity contribution in [1.29, 1.82) is 0 Å². The van der Waals surface area contributed by atoms with E-state index in [0.29, 0.717) is 26.2 Å². The SMILES string of the molecule is O=C(c1ccccc1F)N1CCC(N2CCOCC2=O)CC1. The van der Waals surface area contributed by atoms with Gasteiger partial charge in [-0.25, -0.2) is 4.39 Å². The number of hydrogen-bond acceptors (Lipinski definition) is 3. The summed E-state index contributed by atoms with van der Waals surface area (Å²) in [5.74, 6) is -0.743. The highest BCUT2D eigenvalue weighted by Gasteiger charge is 2.31. The first-order chi connectivity index (χ1) is 10.7. The first-order valence-corrected chi connectivity index (χ1v) is 7.58. The molecule has 0 atom stereocenters. The fourth-order valence-corrected chi connectivity index (χ4v) is 3.10. The fraction of sp³-hybridized carbons (Fsp3) is 0.500.